The van der Waals surface area contributed by atoms with E-state index in [9.17, 15) is 32.7 Å². The van der Waals surface area contributed by atoms with Crippen molar-refractivity contribution in [3.63, 3.8) is 0 Å². The summed E-state index contributed by atoms with van der Waals surface area (Å²) in [6.45, 7) is 9.88. The molecule has 0 bridgehead atoms. The molecule has 44 heavy (non-hydrogen) atoms. The zero-order valence-corrected chi connectivity index (χ0v) is 26.8. The van der Waals surface area contributed by atoms with Crippen LogP contribution >= 0.6 is 0 Å². The lowest BCUT2D eigenvalue weighted by Gasteiger charge is -2.32. The molecule has 1 atom stereocenters. The smallest absolute Gasteiger partial charge is 0.389 e. The third-order valence-corrected chi connectivity index (χ3v) is 7.18. The van der Waals surface area contributed by atoms with Gasteiger partial charge in [-0.2, -0.15) is 13.2 Å². The van der Waals surface area contributed by atoms with Crippen LogP contribution in [0.5, 0.6) is 5.75 Å². The van der Waals surface area contributed by atoms with Gasteiger partial charge in [0.2, 0.25) is 11.4 Å². The predicted octanol–water partition coefficient (Wildman–Crippen LogP) is 6.81. The number of nitrogens with one attached hydrogen (secondary N) is 1. The number of unbranched alkanes of at least 4 members (excludes halogenated alkanes) is 5. The van der Waals surface area contributed by atoms with E-state index in [0.29, 0.717) is 38.0 Å². The van der Waals surface area contributed by atoms with Gasteiger partial charge in [-0.05, 0) is 62.1 Å². The molecule has 0 saturated heterocycles. The van der Waals surface area contributed by atoms with E-state index in [1.54, 1.807) is 13.0 Å². The number of hydrogen-bond acceptors (Lipinski definition) is 6. The molecule has 0 aliphatic heterocycles. The average molecular weight is 627 g/mol. The molecule has 0 amide bonds. The second-order valence-electron chi connectivity index (χ2n) is 12.9. The monoisotopic (exact) mass is 626 g/mol. The van der Waals surface area contributed by atoms with Gasteiger partial charge in [0.05, 0.1) is 0 Å². The molecule has 0 fully saturated rings. The number of carbonyl (C=O) groups is 1. The van der Waals surface area contributed by atoms with Crippen molar-refractivity contribution < 1.29 is 27.8 Å². The second kappa shape index (κ2) is 16.7. The number of aliphatic carboxylic acids is 1. The molecule has 2 rings (SSSR count). The van der Waals surface area contributed by atoms with Crippen LogP contribution in [0, 0.1) is 5.41 Å². The number of carboxylic acid groups (broad SMARTS) is 1. The number of aryl methyl sites for hydroxylation is 2. The van der Waals surface area contributed by atoms with E-state index in [4.69, 9.17) is 4.74 Å². The van der Waals surface area contributed by atoms with Gasteiger partial charge in [-0.3, -0.25) is 9.36 Å². The highest BCUT2D eigenvalue weighted by molar-refractivity contribution is 5.77. The summed E-state index contributed by atoms with van der Waals surface area (Å²) in [5, 5.41) is 17.0. The molecule has 0 spiro atoms. The maximum atomic E-state index is 13.0. The highest BCUT2D eigenvalue weighted by Gasteiger charge is 2.39. The molecule has 12 heteroatoms. The van der Waals surface area contributed by atoms with Crippen LogP contribution in [0.3, 0.4) is 0 Å². The Balaban J connectivity index is 2.04. The Bertz CT molecular complexity index is 1320. The lowest BCUT2D eigenvalue weighted by Crippen LogP contribution is -2.44. The van der Waals surface area contributed by atoms with Gasteiger partial charge in [0.25, 0.3) is 5.56 Å². The number of nitrogens with zero attached hydrogens (tertiary/aromatic N) is 3. The molecule has 1 unspecified atom stereocenters. The minimum Gasteiger partial charge on any atom is -0.478 e. The van der Waals surface area contributed by atoms with Crippen molar-refractivity contribution >= 4 is 11.8 Å². The summed E-state index contributed by atoms with van der Waals surface area (Å²) in [7, 11) is 0. The standard InChI is InChI=1S/C32H49F3N4O5/c1-6-7-8-9-12-21-39-29(43)38(20-14-18-32(33,34)35)27(40)26(37-39)36-19-11-10-15-24-16-13-17-25(22-24)44-31(5,28(41)42)23-30(2,3)4/h13,16-17,22H,6-12,14-15,18-21,23H2,1-5H3,(H,36,37)(H,41,42). The Morgan fingerprint density at radius 1 is 0.977 bits per heavy atom. The van der Waals surface area contributed by atoms with Crippen LogP contribution in [-0.4, -0.2) is 43.7 Å². The highest BCUT2D eigenvalue weighted by Crippen LogP contribution is 2.32. The number of rotatable bonds is 19. The first-order chi connectivity index (χ1) is 20.5. The van der Waals surface area contributed by atoms with E-state index < -0.39 is 35.4 Å². The fourth-order valence-electron chi connectivity index (χ4n) is 5.17. The fourth-order valence-corrected chi connectivity index (χ4v) is 5.17. The average Bonchev–Trinajstić information content (AvgIpc) is 2.90. The molecule has 9 nitrogen and oxygen atoms in total. The molecule has 248 valence electrons. The Hall–Kier alpha value is -3.31. The van der Waals surface area contributed by atoms with E-state index in [0.717, 1.165) is 42.2 Å². The number of carboxylic acids is 1. The molecular formula is C32H49F3N4O5. The van der Waals surface area contributed by atoms with E-state index >= 15 is 0 Å². The molecule has 2 N–H and O–H groups in total. The first-order valence-corrected chi connectivity index (χ1v) is 15.6. The van der Waals surface area contributed by atoms with Crippen LogP contribution < -0.4 is 21.3 Å². The number of hydrogen-bond donors (Lipinski definition) is 2. The van der Waals surface area contributed by atoms with Crippen LogP contribution in [0.15, 0.2) is 33.9 Å². The highest BCUT2D eigenvalue weighted by atomic mass is 19.4. The molecule has 0 aliphatic carbocycles. The lowest BCUT2D eigenvalue weighted by molar-refractivity contribution is -0.156. The normalized spacial score (nSPS) is 13.5. The van der Waals surface area contributed by atoms with E-state index in [1.165, 1.54) is 4.68 Å². The Labute approximate surface area is 257 Å². The topological polar surface area (TPSA) is 115 Å². The summed E-state index contributed by atoms with van der Waals surface area (Å²) in [6, 6.07) is 7.31. The molecule has 0 saturated carbocycles. The molecule has 0 aliphatic rings. The first kappa shape index (κ1) is 36.9. The van der Waals surface area contributed by atoms with Crippen molar-refractivity contribution in [1.82, 2.24) is 14.3 Å². The van der Waals surface area contributed by atoms with Crippen molar-refractivity contribution in [1.29, 1.82) is 0 Å². The SMILES string of the molecule is CCCCCCCn1nc(NCCCCc2cccc(OC(C)(CC(C)(C)C)C(=O)O)c2)c(=O)n(CCCC(F)(F)F)c1=O. The minimum absolute atomic E-state index is 0.0487. The molecule has 1 aromatic heterocycles. The van der Waals surface area contributed by atoms with Crippen molar-refractivity contribution in [3.8, 4) is 5.75 Å². The van der Waals surface area contributed by atoms with Gasteiger partial charge in [0, 0.05) is 32.5 Å². The van der Waals surface area contributed by atoms with Crippen molar-refractivity contribution in [3.05, 3.63) is 50.7 Å². The van der Waals surface area contributed by atoms with Crippen LogP contribution in [0.1, 0.15) is 104 Å². The number of benzene rings is 1. The van der Waals surface area contributed by atoms with E-state index in [-0.39, 0.29) is 30.7 Å². The molecule has 0 radical (unpaired) electrons. The maximum absolute atomic E-state index is 13.0. The van der Waals surface area contributed by atoms with Crippen molar-refractivity contribution in [2.75, 3.05) is 11.9 Å². The van der Waals surface area contributed by atoms with E-state index in [2.05, 4.69) is 17.3 Å². The zero-order chi connectivity index (χ0) is 33.0. The number of ether oxygens (including phenoxy) is 1. The van der Waals surface area contributed by atoms with Gasteiger partial charge in [-0.25, -0.2) is 14.3 Å². The summed E-state index contributed by atoms with van der Waals surface area (Å²) in [5.74, 6) is -0.603. The summed E-state index contributed by atoms with van der Waals surface area (Å²) in [6.07, 6.45) is 1.26. The number of alkyl halides is 3. The number of aromatic nitrogens is 3. The molecule has 2 aromatic rings. The Morgan fingerprint density at radius 2 is 1.68 bits per heavy atom. The summed E-state index contributed by atoms with van der Waals surface area (Å²) in [5.41, 5.74) is -2.07. The maximum Gasteiger partial charge on any atom is 0.389 e. The second-order valence-corrected chi connectivity index (χ2v) is 12.9. The number of anilines is 1. The van der Waals surface area contributed by atoms with Gasteiger partial charge in [-0.1, -0.05) is 65.5 Å². The quantitative estimate of drug-likeness (QED) is 0.165. The third kappa shape index (κ3) is 12.7. The predicted molar refractivity (Wildman–Crippen MR) is 165 cm³/mol. The minimum atomic E-state index is -4.37. The summed E-state index contributed by atoms with van der Waals surface area (Å²) >= 11 is 0. The van der Waals surface area contributed by atoms with Gasteiger partial charge >= 0.3 is 17.8 Å². The summed E-state index contributed by atoms with van der Waals surface area (Å²) in [4.78, 5) is 37.8. The fraction of sp³-hybridized carbons (Fsp3) is 0.688. The third-order valence-electron chi connectivity index (χ3n) is 7.18. The Kier molecular flexibility index (Phi) is 14.0. The van der Waals surface area contributed by atoms with E-state index in [1.807, 2.05) is 39.0 Å². The number of halogens is 3. The first-order valence-electron chi connectivity index (χ1n) is 15.6. The van der Waals surface area contributed by atoms with Crippen LogP contribution in [-0.2, 0) is 24.3 Å². The molecule has 1 aromatic carbocycles. The van der Waals surface area contributed by atoms with Gasteiger partial charge in [0.1, 0.15) is 5.75 Å². The van der Waals surface area contributed by atoms with Gasteiger partial charge < -0.3 is 15.2 Å². The van der Waals surface area contributed by atoms with Crippen molar-refractivity contribution in [2.24, 2.45) is 5.41 Å². The van der Waals surface area contributed by atoms with Crippen LogP contribution in [0.4, 0.5) is 19.0 Å². The largest absolute Gasteiger partial charge is 0.478 e. The lowest BCUT2D eigenvalue weighted by atomic mass is 9.82. The van der Waals surface area contributed by atoms with Crippen LogP contribution in [0.2, 0.25) is 0 Å². The van der Waals surface area contributed by atoms with Gasteiger partial charge in [0.15, 0.2) is 0 Å². The molecule has 1 heterocycles. The molecular weight excluding hydrogens is 577 g/mol. The van der Waals surface area contributed by atoms with Crippen molar-refractivity contribution in [2.45, 2.75) is 130 Å². The van der Waals surface area contributed by atoms with Crippen LogP contribution in [0.25, 0.3) is 0 Å². The van der Waals surface area contributed by atoms with Gasteiger partial charge in [-0.15, -0.1) is 5.10 Å². The summed E-state index contributed by atoms with van der Waals surface area (Å²) < 4.78 is 46.1. The zero-order valence-electron chi connectivity index (χ0n) is 26.8. The Morgan fingerprint density at radius 3 is 2.32 bits per heavy atom.